The van der Waals surface area contributed by atoms with Gasteiger partial charge in [-0.15, -0.1) is 11.3 Å². The molecule has 130 valence electrons. The van der Waals surface area contributed by atoms with Crippen molar-refractivity contribution >= 4 is 34.1 Å². The summed E-state index contributed by atoms with van der Waals surface area (Å²) in [5.74, 6) is -1.14. The fraction of sp³-hybridized carbons (Fsp3) is 0.133. The number of halogens is 3. The third-order valence-electron chi connectivity index (χ3n) is 2.89. The summed E-state index contributed by atoms with van der Waals surface area (Å²) in [7, 11) is 0. The molecule has 5 nitrogen and oxygen atoms in total. The summed E-state index contributed by atoms with van der Waals surface area (Å²) in [5, 5.41) is 4.60. The highest BCUT2D eigenvalue weighted by molar-refractivity contribution is 7.99. The number of carbonyl (C=O) groups excluding carboxylic acids is 1. The van der Waals surface area contributed by atoms with E-state index < -0.39 is 17.8 Å². The summed E-state index contributed by atoms with van der Waals surface area (Å²) in [6.45, 7) is 0. The molecule has 0 radical (unpaired) electrons. The van der Waals surface area contributed by atoms with Gasteiger partial charge in [-0.05, 0) is 24.3 Å². The number of pyridine rings is 1. The van der Waals surface area contributed by atoms with E-state index in [1.54, 1.807) is 17.5 Å². The van der Waals surface area contributed by atoms with Crippen LogP contribution in [0.15, 0.2) is 51.5 Å². The lowest BCUT2D eigenvalue weighted by molar-refractivity contribution is -0.105. The van der Waals surface area contributed by atoms with Gasteiger partial charge < -0.3 is 4.42 Å². The summed E-state index contributed by atoms with van der Waals surface area (Å²) < 4.78 is 42.4. The van der Waals surface area contributed by atoms with E-state index in [0.29, 0.717) is 28.3 Å². The minimum absolute atomic E-state index is 0.0140. The average molecular weight is 385 g/mol. The van der Waals surface area contributed by atoms with E-state index in [0.717, 1.165) is 0 Å². The topological polar surface area (TPSA) is 68.0 Å². The van der Waals surface area contributed by atoms with Gasteiger partial charge in [-0.2, -0.15) is 13.2 Å². The Morgan fingerprint density at radius 1 is 1.32 bits per heavy atom. The number of nitrogens with one attached hydrogen (secondary N) is 1. The Morgan fingerprint density at radius 3 is 2.88 bits per heavy atom. The summed E-state index contributed by atoms with van der Waals surface area (Å²) >= 11 is 1.65. The number of nitrogens with zero attached hydrogens (tertiary/aromatic N) is 2. The van der Waals surface area contributed by atoms with Crippen LogP contribution in [0.25, 0.3) is 11.5 Å². The molecule has 3 aromatic heterocycles. The van der Waals surface area contributed by atoms with Crippen LogP contribution in [-0.2, 0) is 0 Å². The molecule has 1 N–H and O–H groups in total. The molecule has 3 heterocycles. The SMILES string of the molecule is O=C(Nc1nc(-c2ccco2)cs1)c1cccnc1SCC(F)(F)F. The van der Waals surface area contributed by atoms with Crippen molar-refractivity contribution in [1.82, 2.24) is 9.97 Å². The van der Waals surface area contributed by atoms with Crippen LogP contribution in [0.5, 0.6) is 0 Å². The van der Waals surface area contributed by atoms with Gasteiger partial charge in [-0.1, -0.05) is 11.8 Å². The lowest BCUT2D eigenvalue weighted by Gasteiger charge is -2.09. The molecular weight excluding hydrogens is 375 g/mol. The van der Waals surface area contributed by atoms with E-state index in [4.69, 9.17) is 4.42 Å². The van der Waals surface area contributed by atoms with Crippen molar-refractivity contribution in [2.24, 2.45) is 0 Å². The molecule has 0 atom stereocenters. The lowest BCUT2D eigenvalue weighted by atomic mass is 10.3. The Labute approximate surface area is 148 Å². The Kier molecular flexibility index (Phi) is 5.09. The molecule has 25 heavy (non-hydrogen) atoms. The number of amides is 1. The van der Waals surface area contributed by atoms with Gasteiger partial charge in [0.15, 0.2) is 10.9 Å². The van der Waals surface area contributed by atoms with Crippen molar-refractivity contribution in [1.29, 1.82) is 0 Å². The molecule has 0 aromatic carbocycles. The van der Waals surface area contributed by atoms with Gasteiger partial charge in [0.1, 0.15) is 10.7 Å². The number of furan rings is 1. The molecule has 0 aliphatic carbocycles. The standard InChI is InChI=1S/C15H10F3N3O2S2/c16-15(17,18)8-25-13-9(3-1-5-19-13)12(22)21-14-20-10(7-24-14)11-4-2-6-23-11/h1-7H,8H2,(H,20,21,22). The van der Waals surface area contributed by atoms with Crippen LogP contribution in [0.2, 0.25) is 0 Å². The normalized spacial score (nSPS) is 11.5. The Morgan fingerprint density at radius 2 is 2.16 bits per heavy atom. The lowest BCUT2D eigenvalue weighted by Crippen LogP contribution is -2.15. The molecule has 0 aliphatic rings. The molecule has 0 aliphatic heterocycles. The van der Waals surface area contributed by atoms with Crippen molar-refractivity contribution in [3.8, 4) is 11.5 Å². The van der Waals surface area contributed by atoms with Crippen molar-refractivity contribution in [2.75, 3.05) is 11.1 Å². The number of thioether (sulfide) groups is 1. The highest BCUT2D eigenvalue weighted by Crippen LogP contribution is 2.29. The summed E-state index contributed by atoms with van der Waals surface area (Å²) in [6.07, 6.45) is -1.50. The van der Waals surface area contributed by atoms with E-state index in [1.807, 2.05) is 0 Å². The van der Waals surface area contributed by atoms with Crippen molar-refractivity contribution < 1.29 is 22.4 Å². The second-order valence-electron chi connectivity index (χ2n) is 4.73. The van der Waals surface area contributed by atoms with Crippen LogP contribution in [0.4, 0.5) is 18.3 Å². The number of alkyl halides is 3. The van der Waals surface area contributed by atoms with Gasteiger partial charge in [0, 0.05) is 11.6 Å². The second-order valence-corrected chi connectivity index (χ2v) is 6.55. The highest BCUT2D eigenvalue weighted by atomic mass is 32.2. The number of carbonyl (C=O) groups is 1. The van der Waals surface area contributed by atoms with E-state index in [2.05, 4.69) is 15.3 Å². The van der Waals surface area contributed by atoms with Gasteiger partial charge in [0.2, 0.25) is 0 Å². The average Bonchev–Trinajstić information content (AvgIpc) is 3.23. The Balaban J connectivity index is 1.73. The van der Waals surface area contributed by atoms with Crippen LogP contribution in [0, 0.1) is 0 Å². The molecule has 0 unspecified atom stereocenters. The number of hydrogen-bond acceptors (Lipinski definition) is 6. The molecular formula is C15H10F3N3O2S2. The second kappa shape index (κ2) is 7.28. The van der Waals surface area contributed by atoms with Crippen molar-refractivity contribution in [3.63, 3.8) is 0 Å². The first-order valence-electron chi connectivity index (χ1n) is 6.88. The smallest absolute Gasteiger partial charge is 0.398 e. The molecule has 0 saturated heterocycles. The zero-order valence-electron chi connectivity index (χ0n) is 12.4. The minimum Gasteiger partial charge on any atom is -0.463 e. The highest BCUT2D eigenvalue weighted by Gasteiger charge is 2.28. The maximum atomic E-state index is 12.4. The Bertz CT molecular complexity index is 863. The zero-order valence-corrected chi connectivity index (χ0v) is 14.0. The van der Waals surface area contributed by atoms with E-state index in [-0.39, 0.29) is 10.6 Å². The quantitative estimate of drug-likeness (QED) is 0.645. The predicted octanol–water partition coefficient (Wildman–Crippen LogP) is 4.70. The van der Waals surface area contributed by atoms with Gasteiger partial charge in [0.05, 0.1) is 17.6 Å². The van der Waals surface area contributed by atoms with E-state index >= 15 is 0 Å². The van der Waals surface area contributed by atoms with Crippen LogP contribution in [-0.4, -0.2) is 27.8 Å². The summed E-state index contributed by atoms with van der Waals surface area (Å²) in [5.41, 5.74) is 0.620. The maximum Gasteiger partial charge on any atom is 0.398 e. The number of anilines is 1. The van der Waals surface area contributed by atoms with Crippen LogP contribution in [0.3, 0.4) is 0 Å². The van der Waals surface area contributed by atoms with Crippen molar-refractivity contribution in [3.05, 3.63) is 47.7 Å². The molecule has 0 bridgehead atoms. The predicted molar refractivity (Wildman–Crippen MR) is 88.8 cm³/mol. The maximum absolute atomic E-state index is 12.4. The molecule has 3 rings (SSSR count). The van der Waals surface area contributed by atoms with Crippen LogP contribution >= 0.6 is 23.1 Å². The largest absolute Gasteiger partial charge is 0.463 e. The van der Waals surface area contributed by atoms with Crippen LogP contribution in [0.1, 0.15) is 10.4 Å². The van der Waals surface area contributed by atoms with Gasteiger partial charge >= 0.3 is 6.18 Å². The number of rotatable bonds is 5. The molecule has 0 fully saturated rings. The van der Waals surface area contributed by atoms with Gasteiger partial charge in [-0.3, -0.25) is 10.1 Å². The first-order valence-corrected chi connectivity index (χ1v) is 8.74. The number of aromatic nitrogens is 2. The summed E-state index contributed by atoms with van der Waals surface area (Å²) in [6, 6.07) is 6.35. The number of hydrogen-bond donors (Lipinski definition) is 1. The fourth-order valence-electron chi connectivity index (χ4n) is 1.86. The van der Waals surface area contributed by atoms with Crippen molar-refractivity contribution in [2.45, 2.75) is 11.2 Å². The first-order chi connectivity index (χ1) is 11.9. The van der Waals surface area contributed by atoms with E-state index in [1.165, 1.54) is 35.9 Å². The molecule has 0 spiro atoms. The van der Waals surface area contributed by atoms with E-state index in [9.17, 15) is 18.0 Å². The van der Waals surface area contributed by atoms with Gasteiger partial charge in [-0.25, -0.2) is 9.97 Å². The molecule has 3 aromatic rings. The van der Waals surface area contributed by atoms with Crippen LogP contribution < -0.4 is 5.32 Å². The van der Waals surface area contributed by atoms with Gasteiger partial charge in [0.25, 0.3) is 5.91 Å². The third kappa shape index (κ3) is 4.60. The minimum atomic E-state index is -4.34. The monoisotopic (exact) mass is 385 g/mol. The molecule has 1 amide bonds. The first kappa shape index (κ1) is 17.5. The molecule has 10 heteroatoms. The summed E-state index contributed by atoms with van der Waals surface area (Å²) in [4.78, 5) is 20.4. The fourth-order valence-corrected chi connectivity index (χ4v) is 3.31. The zero-order chi connectivity index (χ0) is 17.9. The Hall–Kier alpha value is -2.33. The molecule has 0 saturated carbocycles. The number of thiazole rings is 1. The third-order valence-corrected chi connectivity index (χ3v) is 4.71.